The van der Waals surface area contributed by atoms with Gasteiger partial charge in [-0.15, -0.1) is 0 Å². The Hall–Kier alpha value is 0.786. The molecule has 11 heavy (non-hydrogen) atoms. The summed E-state index contributed by atoms with van der Waals surface area (Å²) in [6, 6.07) is 8.24. The molecular weight excluding hydrogens is 283 g/mol. The Kier molecular flexibility index (Phi) is 6.77. The number of hydrogen-bond acceptors (Lipinski definition) is 1. The fraction of sp³-hybridized carbons (Fsp3) is 0.143. The van der Waals surface area contributed by atoms with E-state index in [4.69, 9.17) is 4.74 Å². The normalized spacial score (nSPS) is 8.64. The molecule has 0 aliphatic carbocycles. The van der Waals surface area contributed by atoms with E-state index >= 15 is 0 Å². The first-order valence-corrected chi connectivity index (χ1v) is 7.99. The Balaban J connectivity index is 0.000001000. The SMILES string of the molecule is COc1ccc([Se][Mg+])cc1.[Br-]. The number of rotatable bonds is 2. The molecule has 0 aromatic heterocycles. The number of halogens is 1. The van der Waals surface area contributed by atoms with Gasteiger partial charge in [-0.05, 0) is 0 Å². The van der Waals surface area contributed by atoms with Gasteiger partial charge >= 0.3 is 77.7 Å². The van der Waals surface area contributed by atoms with Gasteiger partial charge in [-0.1, -0.05) is 0 Å². The van der Waals surface area contributed by atoms with Crippen LogP contribution in [0.3, 0.4) is 0 Å². The Morgan fingerprint density at radius 3 is 2.18 bits per heavy atom. The van der Waals surface area contributed by atoms with Crippen molar-refractivity contribution < 1.29 is 21.7 Å². The van der Waals surface area contributed by atoms with E-state index in [0.29, 0.717) is 11.9 Å². The molecule has 0 aliphatic heterocycles. The van der Waals surface area contributed by atoms with Gasteiger partial charge in [0.2, 0.25) is 0 Å². The van der Waals surface area contributed by atoms with Gasteiger partial charge in [-0.25, -0.2) is 0 Å². The first kappa shape index (κ1) is 11.8. The molecule has 0 unspecified atom stereocenters. The molecule has 0 heterocycles. The predicted octanol–water partition coefficient (Wildman–Crippen LogP) is -2.89. The third kappa shape index (κ3) is 3.81. The average Bonchev–Trinajstić information content (AvgIpc) is 2.05. The van der Waals surface area contributed by atoms with E-state index in [-0.39, 0.29) is 17.0 Å². The summed E-state index contributed by atoms with van der Waals surface area (Å²) in [5, 5.41) is 0. The van der Waals surface area contributed by atoms with Gasteiger partial charge in [0.25, 0.3) is 0 Å². The second-order valence-electron chi connectivity index (χ2n) is 1.82. The fourth-order valence-corrected chi connectivity index (χ4v) is 2.36. The summed E-state index contributed by atoms with van der Waals surface area (Å²) in [7, 11) is 1.69. The quantitative estimate of drug-likeness (QED) is 0.532. The van der Waals surface area contributed by atoms with E-state index in [0.717, 1.165) is 5.75 Å². The third-order valence-corrected chi connectivity index (χ3v) is 4.23. The van der Waals surface area contributed by atoms with Gasteiger partial charge in [0.05, 0.1) is 0 Å². The first-order chi connectivity index (χ1) is 4.86. The molecular formula is C7H7BrMgOSe. The Bertz CT molecular complexity index is 179. The van der Waals surface area contributed by atoms with Crippen molar-refractivity contribution in [2.75, 3.05) is 7.11 Å². The van der Waals surface area contributed by atoms with Gasteiger partial charge in [-0.2, -0.15) is 0 Å². The van der Waals surface area contributed by atoms with Gasteiger partial charge in [0.1, 0.15) is 0 Å². The molecule has 0 atom stereocenters. The van der Waals surface area contributed by atoms with Crippen molar-refractivity contribution in [3.63, 3.8) is 0 Å². The van der Waals surface area contributed by atoms with Crippen LogP contribution in [0.1, 0.15) is 0 Å². The van der Waals surface area contributed by atoms with Crippen LogP contribution in [0.2, 0.25) is 0 Å². The molecule has 1 aromatic rings. The standard InChI is InChI=1S/C7H8OSe.BrH.Mg/c1-8-6-2-4-7(9)5-3-6;;/h2-5,9H,1H3;1H;/q;;+2/p-2. The van der Waals surface area contributed by atoms with Crippen molar-refractivity contribution in [2.24, 2.45) is 0 Å². The molecule has 0 saturated heterocycles. The van der Waals surface area contributed by atoms with Crippen LogP contribution >= 0.6 is 0 Å². The van der Waals surface area contributed by atoms with Crippen LogP contribution in [0, 0.1) is 0 Å². The van der Waals surface area contributed by atoms with Crippen molar-refractivity contribution in [2.45, 2.75) is 0 Å². The zero-order valence-corrected chi connectivity index (χ0v) is 10.9. The van der Waals surface area contributed by atoms with Crippen LogP contribution in [0.15, 0.2) is 24.3 Å². The molecule has 0 bridgehead atoms. The number of benzene rings is 1. The maximum atomic E-state index is 5.02. The molecule has 56 valence electrons. The van der Waals surface area contributed by atoms with Crippen LogP contribution < -0.4 is 26.2 Å². The van der Waals surface area contributed by atoms with Crippen LogP contribution in [-0.4, -0.2) is 38.5 Å². The maximum Gasteiger partial charge on any atom is -1.00 e. The van der Waals surface area contributed by atoms with Crippen molar-refractivity contribution >= 4 is 35.9 Å². The third-order valence-electron chi connectivity index (χ3n) is 1.23. The van der Waals surface area contributed by atoms with E-state index < -0.39 is 0 Å². The van der Waals surface area contributed by atoms with Gasteiger partial charge in [-0.3, -0.25) is 0 Å². The topological polar surface area (TPSA) is 9.23 Å². The van der Waals surface area contributed by atoms with E-state index in [1.54, 1.807) is 7.11 Å². The first-order valence-electron chi connectivity index (χ1n) is 2.93. The fourth-order valence-electron chi connectivity index (χ4n) is 0.672. The Labute approximate surface area is 94.0 Å². The predicted molar refractivity (Wildman–Crippen MR) is 44.1 cm³/mol. The van der Waals surface area contributed by atoms with Crippen LogP contribution in [0.5, 0.6) is 5.75 Å². The second-order valence-corrected chi connectivity index (χ2v) is 4.91. The summed E-state index contributed by atoms with van der Waals surface area (Å²) in [5.41, 5.74) is 0. The Morgan fingerprint density at radius 2 is 1.82 bits per heavy atom. The summed E-state index contributed by atoms with van der Waals surface area (Å²) in [5.74, 6) is 0.941. The van der Waals surface area contributed by atoms with Gasteiger partial charge in [0, 0.05) is 0 Å². The average molecular weight is 290 g/mol. The summed E-state index contributed by atoms with van der Waals surface area (Å²) in [6.07, 6.45) is 0. The molecule has 0 saturated carbocycles. The summed E-state index contributed by atoms with van der Waals surface area (Å²) in [6.45, 7) is 0. The zero-order valence-electron chi connectivity index (χ0n) is 6.21. The number of methoxy groups -OCH3 is 1. The van der Waals surface area contributed by atoms with E-state index in [1.807, 2.05) is 31.6 Å². The smallest absolute Gasteiger partial charge is 1.00 e. The number of ether oxygens (including phenoxy) is 1. The summed E-state index contributed by atoms with van der Waals surface area (Å²) in [4.78, 5) is 0. The minimum atomic E-state index is 0. The molecule has 0 N–H and O–H groups in total. The molecule has 1 nitrogen and oxygen atoms in total. The summed E-state index contributed by atoms with van der Waals surface area (Å²) >= 11 is 2.65. The molecule has 1 rings (SSSR count). The minimum absolute atomic E-state index is 0. The largest absolute Gasteiger partial charge is 1.00 e. The van der Waals surface area contributed by atoms with Crippen molar-refractivity contribution in [1.29, 1.82) is 0 Å². The van der Waals surface area contributed by atoms with Crippen LogP contribution in [0.4, 0.5) is 0 Å². The zero-order chi connectivity index (χ0) is 7.40. The van der Waals surface area contributed by atoms with Crippen molar-refractivity contribution in [3.05, 3.63) is 24.3 Å². The number of hydrogen-bond donors (Lipinski definition) is 0. The monoisotopic (exact) mass is 290 g/mol. The molecule has 0 spiro atoms. The molecule has 4 heteroatoms. The molecule has 0 fully saturated rings. The maximum absolute atomic E-state index is 5.02. The van der Waals surface area contributed by atoms with Crippen molar-refractivity contribution in [1.82, 2.24) is 0 Å². The molecule has 0 radical (unpaired) electrons. The van der Waals surface area contributed by atoms with Crippen LogP contribution in [0.25, 0.3) is 0 Å². The van der Waals surface area contributed by atoms with Gasteiger partial charge in [0.15, 0.2) is 0 Å². The van der Waals surface area contributed by atoms with Crippen molar-refractivity contribution in [3.8, 4) is 5.75 Å². The molecule has 0 amide bonds. The van der Waals surface area contributed by atoms with Gasteiger partial charge < -0.3 is 17.0 Å². The van der Waals surface area contributed by atoms with E-state index in [2.05, 4.69) is 12.1 Å². The molecule has 0 aliphatic rings. The van der Waals surface area contributed by atoms with E-state index in [9.17, 15) is 0 Å². The van der Waals surface area contributed by atoms with Crippen LogP contribution in [-0.2, 0) is 0 Å². The second kappa shape index (κ2) is 6.32. The molecule has 1 aromatic carbocycles. The summed E-state index contributed by atoms with van der Waals surface area (Å²) < 4.78 is 6.45. The van der Waals surface area contributed by atoms with E-state index in [1.165, 1.54) is 4.46 Å². The minimum Gasteiger partial charge on any atom is -1.00 e. The Morgan fingerprint density at radius 1 is 1.27 bits per heavy atom.